The van der Waals surface area contributed by atoms with Crippen molar-refractivity contribution >= 4 is 23.2 Å². The maximum absolute atomic E-state index is 13.0. The first-order valence-electron chi connectivity index (χ1n) is 10.9. The molecule has 0 spiro atoms. The molecule has 0 saturated heterocycles. The lowest BCUT2D eigenvalue weighted by Crippen LogP contribution is -2.36. The third-order valence-corrected chi connectivity index (χ3v) is 6.58. The Labute approximate surface area is 186 Å². The average Bonchev–Trinajstić information content (AvgIpc) is 2.78. The number of rotatable bonds is 4. The van der Waals surface area contributed by atoms with Crippen molar-refractivity contribution in [2.45, 2.75) is 51.0 Å². The minimum absolute atomic E-state index is 0.135. The molecule has 1 aliphatic heterocycles. The molecule has 2 aliphatic carbocycles. The van der Waals surface area contributed by atoms with Crippen LogP contribution in [0.5, 0.6) is 5.75 Å². The van der Waals surface area contributed by atoms with E-state index in [9.17, 15) is 9.59 Å². The van der Waals surface area contributed by atoms with E-state index >= 15 is 0 Å². The lowest BCUT2D eigenvalue weighted by atomic mass is 9.71. The fourth-order valence-corrected chi connectivity index (χ4v) is 5.01. The molecule has 2 aromatic rings. The summed E-state index contributed by atoms with van der Waals surface area (Å²) in [5, 5.41) is 4.15. The molecule has 1 heterocycles. The smallest absolute Gasteiger partial charge is 0.161 e. The van der Waals surface area contributed by atoms with E-state index in [1.54, 1.807) is 0 Å². The molecule has 0 saturated carbocycles. The van der Waals surface area contributed by atoms with Crippen LogP contribution < -0.4 is 10.1 Å². The highest BCUT2D eigenvalue weighted by Crippen LogP contribution is 2.47. The molecule has 0 fully saturated rings. The highest BCUT2D eigenvalue weighted by atomic mass is 35.5. The number of dihydropyridines is 1. The Balaban J connectivity index is 1.56. The number of nitrogens with one attached hydrogen (secondary N) is 1. The zero-order valence-electron chi connectivity index (χ0n) is 17.2. The minimum atomic E-state index is -0.353. The summed E-state index contributed by atoms with van der Waals surface area (Å²) in [6.07, 6.45) is 4.45. The van der Waals surface area contributed by atoms with Crippen molar-refractivity contribution < 1.29 is 14.3 Å². The van der Waals surface area contributed by atoms with Crippen LogP contribution in [0.15, 0.2) is 71.1 Å². The van der Waals surface area contributed by atoms with E-state index in [-0.39, 0.29) is 17.5 Å². The predicted octanol–water partition coefficient (Wildman–Crippen LogP) is 5.62. The normalized spacial score (nSPS) is 19.1. The molecule has 0 unspecified atom stereocenters. The summed E-state index contributed by atoms with van der Waals surface area (Å²) in [5.41, 5.74) is 5.38. The molecular formula is C26H24ClNO3. The summed E-state index contributed by atoms with van der Waals surface area (Å²) in [6, 6.07) is 15.4. The quantitative estimate of drug-likeness (QED) is 0.679. The van der Waals surface area contributed by atoms with Crippen LogP contribution in [0, 0.1) is 0 Å². The van der Waals surface area contributed by atoms with Gasteiger partial charge in [-0.3, -0.25) is 9.59 Å². The minimum Gasteiger partial charge on any atom is -0.489 e. The van der Waals surface area contributed by atoms with Crippen LogP contribution in [0.25, 0.3) is 0 Å². The molecule has 0 bridgehead atoms. The van der Waals surface area contributed by atoms with Crippen LogP contribution in [-0.4, -0.2) is 11.6 Å². The van der Waals surface area contributed by atoms with E-state index in [4.69, 9.17) is 16.3 Å². The average molecular weight is 434 g/mol. The summed E-state index contributed by atoms with van der Waals surface area (Å²) in [7, 11) is 0. The topological polar surface area (TPSA) is 55.4 Å². The van der Waals surface area contributed by atoms with Gasteiger partial charge in [0.05, 0.1) is 0 Å². The zero-order valence-corrected chi connectivity index (χ0v) is 18.0. The summed E-state index contributed by atoms with van der Waals surface area (Å²) < 4.78 is 6.21. The van der Waals surface area contributed by atoms with Crippen molar-refractivity contribution in [2.75, 3.05) is 0 Å². The predicted molar refractivity (Wildman–Crippen MR) is 120 cm³/mol. The van der Waals surface area contributed by atoms with Crippen LogP contribution in [0.3, 0.4) is 0 Å². The van der Waals surface area contributed by atoms with Crippen LogP contribution in [0.1, 0.15) is 55.6 Å². The molecule has 5 heteroatoms. The largest absolute Gasteiger partial charge is 0.489 e. The first-order valence-corrected chi connectivity index (χ1v) is 11.3. The Morgan fingerprint density at radius 1 is 0.839 bits per heavy atom. The molecule has 31 heavy (non-hydrogen) atoms. The van der Waals surface area contributed by atoms with Gasteiger partial charge >= 0.3 is 0 Å². The maximum atomic E-state index is 13.0. The molecule has 4 nitrogen and oxygen atoms in total. The first kappa shape index (κ1) is 20.1. The molecule has 158 valence electrons. The van der Waals surface area contributed by atoms with Crippen molar-refractivity contribution in [1.82, 2.24) is 5.32 Å². The SMILES string of the molecule is O=C1CCCC2=C1C(c1ccccc1OCc1ccc(Cl)cc1)C1=C(CCCC1=O)N2. The number of allylic oxidation sites excluding steroid dienone is 4. The van der Waals surface area contributed by atoms with Gasteiger partial charge in [0, 0.05) is 51.9 Å². The van der Waals surface area contributed by atoms with Crippen molar-refractivity contribution in [3.63, 3.8) is 0 Å². The van der Waals surface area contributed by atoms with Gasteiger partial charge in [-0.25, -0.2) is 0 Å². The van der Waals surface area contributed by atoms with Gasteiger partial charge in [0.1, 0.15) is 12.4 Å². The maximum Gasteiger partial charge on any atom is 0.161 e. The number of halogens is 1. The number of ketones is 2. The molecule has 0 radical (unpaired) electrons. The van der Waals surface area contributed by atoms with E-state index in [2.05, 4.69) is 5.32 Å². The number of hydrogen-bond acceptors (Lipinski definition) is 4. The van der Waals surface area contributed by atoms with Crippen LogP contribution in [-0.2, 0) is 16.2 Å². The highest BCUT2D eigenvalue weighted by molar-refractivity contribution is 6.30. The summed E-state index contributed by atoms with van der Waals surface area (Å²) >= 11 is 5.99. The second-order valence-corrected chi connectivity index (χ2v) is 8.79. The van der Waals surface area contributed by atoms with E-state index in [1.807, 2.05) is 48.5 Å². The van der Waals surface area contributed by atoms with Crippen LogP contribution >= 0.6 is 11.6 Å². The number of carbonyl (C=O) groups is 2. The van der Waals surface area contributed by atoms with E-state index < -0.39 is 0 Å². The highest BCUT2D eigenvalue weighted by Gasteiger charge is 2.41. The lowest BCUT2D eigenvalue weighted by Gasteiger charge is -2.37. The number of para-hydroxylation sites is 1. The first-order chi connectivity index (χ1) is 15.1. The molecular weight excluding hydrogens is 410 g/mol. The molecule has 0 amide bonds. The third kappa shape index (κ3) is 3.81. The van der Waals surface area contributed by atoms with Gasteiger partial charge in [-0.2, -0.15) is 0 Å². The Bertz CT molecular complexity index is 1070. The Hall–Kier alpha value is -2.85. The number of Topliss-reactive ketones (excluding diaryl/α,β-unsaturated/α-hetero) is 2. The number of ether oxygens (including phenoxy) is 1. The van der Waals surface area contributed by atoms with E-state index in [0.29, 0.717) is 30.2 Å². The summed E-state index contributed by atoms with van der Waals surface area (Å²) in [4.78, 5) is 26.1. The third-order valence-electron chi connectivity index (χ3n) is 6.33. The van der Waals surface area contributed by atoms with Gasteiger partial charge < -0.3 is 10.1 Å². The Morgan fingerprint density at radius 3 is 2.10 bits per heavy atom. The fraction of sp³-hybridized carbons (Fsp3) is 0.308. The molecule has 2 aromatic carbocycles. The Kier molecular flexibility index (Phi) is 5.41. The summed E-state index contributed by atoms with van der Waals surface area (Å²) in [5.74, 6) is 0.625. The van der Waals surface area contributed by atoms with E-state index in [0.717, 1.165) is 59.4 Å². The van der Waals surface area contributed by atoms with Gasteiger partial charge in [0.15, 0.2) is 11.6 Å². The molecule has 5 rings (SSSR count). The van der Waals surface area contributed by atoms with Gasteiger partial charge in [-0.15, -0.1) is 0 Å². The molecule has 0 aromatic heterocycles. The van der Waals surface area contributed by atoms with Crippen molar-refractivity contribution in [2.24, 2.45) is 0 Å². The molecule has 3 aliphatic rings. The number of hydrogen-bond donors (Lipinski definition) is 1. The monoisotopic (exact) mass is 433 g/mol. The molecule has 0 atom stereocenters. The van der Waals surface area contributed by atoms with Gasteiger partial charge in [0.2, 0.25) is 0 Å². The second kappa shape index (κ2) is 8.35. The fourth-order valence-electron chi connectivity index (χ4n) is 4.89. The van der Waals surface area contributed by atoms with Crippen LogP contribution in [0.2, 0.25) is 5.02 Å². The lowest BCUT2D eigenvalue weighted by molar-refractivity contribution is -0.116. The van der Waals surface area contributed by atoms with Gasteiger partial charge in [0.25, 0.3) is 0 Å². The van der Waals surface area contributed by atoms with Crippen molar-refractivity contribution in [1.29, 1.82) is 0 Å². The van der Waals surface area contributed by atoms with Crippen LogP contribution in [0.4, 0.5) is 0 Å². The number of carbonyl (C=O) groups excluding carboxylic acids is 2. The molecule has 1 N–H and O–H groups in total. The van der Waals surface area contributed by atoms with Crippen molar-refractivity contribution in [3.05, 3.63) is 87.2 Å². The standard InChI is InChI=1S/C26H24ClNO3/c27-17-13-11-16(12-14-17)15-31-23-10-2-1-5-18(23)24-25-19(6-3-8-21(25)29)28-20-7-4-9-22(30)26(20)24/h1-2,5,10-14,24,28H,3-4,6-9,15H2. The van der Waals surface area contributed by atoms with Gasteiger partial charge in [-0.1, -0.05) is 41.9 Å². The van der Waals surface area contributed by atoms with Crippen molar-refractivity contribution in [3.8, 4) is 5.75 Å². The van der Waals surface area contributed by atoms with E-state index in [1.165, 1.54) is 0 Å². The zero-order chi connectivity index (χ0) is 21.4. The Morgan fingerprint density at radius 2 is 1.45 bits per heavy atom. The van der Waals surface area contributed by atoms with Gasteiger partial charge in [-0.05, 0) is 49.4 Å². The number of benzene rings is 2. The second-order valence-electron chi connectivity index (χ2n) is 8.35. The summed E-state index contributed by atoms with van der Waals surface area (Å²) in [6.45, 7) is 0.388.